The molecule has 0 aliphatic heterocycles. The number of ether oxygens (including phenoxy) is 2. The van der Waals surface area contributed by atoms with Gasteiger partial charge in [-0.3, -0.25) is 13.8 Å². The van der Waals surface area contributed by atoms with E-state index in [2.05, 4.69) is 11.4 Å². The molecule has 0 aliphatic carbocycles. The fourth-order valence-corrected chi connectivity index (χ4v) is 5.35. The summed E-state index contributed by atoms with van der Waals surface area (Å²) >= 11 is 0. The summed E-state index contributed by atoms with van der Waals surface area (Å²) in [5.41, 5.74) is 5.25. The lowest BCUT2D eigenvalue weighted by molar-refractivity contribution is -0.151. The first-order valence-corrected chi connectivity index (χ1v) is 17.5. The van der Waals surface area contributed by atoms with Gasteiger partial charge in [0.05, 0.1) is 19.8 Å². The Bertz CT molecular complexity index is 580. The van der Waals surface area contributed by atoms with Gasteiger partial charge in [0, 0.05) is 20.1 Å². The van der Waals surface area contributed by atoms with Crippen LogP contribution in [-0.4, -0.2) is 49.9 Å². The molecule has 0 bridgehead atoms. The summed E-state index contributed by atoms with van der Waals surface area (Å²) in [7, 11) is -4.22. The third-order valence-corrected chi connectivity index (χ3v) is 7.81. The Labute approximate surface area is 240 Å². The lowest BCUT2D eigenvalue weighted by Gasteiger charge is -2.19. The number of phosphoric acid groups is 1. The van der Waals surface area contributed by atoms with Crippen molar-refractivity contribution in [1.29, 1.82) is 0 Å². The van der Waals surface area contributed by atoms with Crippen LogP contribution in [0.4, 0.5) is 0 Å². The summed E-state index contributed by atoms with van der Waals surface area (Å²) in [4.78, 5) is 20.8. The standard InChI is InChI=1S/C30H62NO7P/c1-3-4-5-6-7-8-9-10-11-12-13-14-15-16-17-18-19-20-21-22-23-25-35-27-30(38-29(2)32)28-37-39(33,34)36-26-24-31/h30H,3-28,31H2,1-2H3,(H,33,34). The minimum Gasteiger partial charge on any atom is -0.458 e. The first-order valence-electron chi connectivity index (χ1n) is 16.0. The van der Waals surface area contributed by atoms with Crippen molar-refractivity contribution in [2.45, 2.75) is 155 Å². The Morgan fingerprint density at radius 1 is 0.667 bits per heavy atom. The van der Waals surface area contributed by atoms with Gasteiger partial charge in [0.1, 0.15) is 6.10 Å². The quantitative estimate of drug-likeness (QED) is 0.0479. The highest BCUT2D eigenvalue weighted by atomic mass is 31.2. The van der Waals surface area contributed by atoms with Crippen molar-refractivity contribution in [1.82, 2.24) is 0 Å². The minimum atomic E-state index is -4.22. The van der Waals surface area contributed by atoms with Crippen LogP contribution in [0.5, 0.6) is 0 Å². The minimum absolute atomic E-state index is 0.0953. The van der Waals surface area contributed by atoms with Gasteiger partial charge < -0.3 is 20.1 Å². The van der Waals surface area contributed by atoms with E-state index in [1.807, 2.05) is 0 Å². The monoisotopic (exact) mass is 579 g/mol. The van der Waals surface area contributed by atoms with Crippen molar-refractivity contribution >= 4 is 13.8 Å². The fourth-order valence-electron chi connectivity index (χ4n) is 4.58. The molecule has 0 aromatic heterocycles. The number of nitrogens with two attached hydrogens (primary N) is 1. The van der Waals surface area contributed by atoms with E-state index < -0.39 is 19.9 Å². The highest BCUT2D eigenvalue weighted by Gasteiger charge is 2.24. The average molecular weight is 580 g/mol. The largest absolute Gasteiger partial charge is 0.472 e. The van der Waals surface area contributed by atoms with E-state index in [0.29, 0.717) is 6.61 Å². The van der Waals surface area contributed by atoms with Gasteiger partial charge >= 0.3 is 13.8 Å². The predicted molar refractivity (Wildman–Crippen MR) is 160 cm³/mol. The van der Waals surface area contributed by atoms with Gasteiger partial charge in [0.2, 0.25) is 0 Å². The first kappa shape index (κ1) is 38.5. The Morgan fingerprint density at radius 2 is 1.08 bits per heavy atom. The van der Waals surface area contributed by atoms with Crippen molar-refractivity contribution in [2.75, 3.05) is 33.0 Å². The van der Waals surface area contributed by atoms with Crippen molar-refractivity contribution in [3.8, 4) is 0 Å². The third kappa shape index (κ3) is 30.3. The molecule has 234 valence electrons. The normalized spacial score (nSPS) is 13.8. The molecule has 0 amide bonds. The molecule has 0 saturated carbocycles. The molecule has 2 atom stereocenters. The zero-order chi connectivity index (χ0) is 28.9. The number of phosphoric ester groups is 1. The molecule has 8 nitrogen and oxygen atoms in total. The molecule has 0 aliphatic rings. The van der Waals surface area contributed by atoms with Crippen molar-refractivity contribution in [2.24, 2.45) is 5.73 Å². The Balaban J connectivity index is 3.45. The van der Waals surface area contributed by atoms with Crippen LogP contribution in [0.25, 0.3) is 0 Å². The second-order valence-electron chi connectivity index (χ2n) is 10.8. The van der Waals surface area contributed by atoms with Crippen molar-refractivity contribution < 1.29 is 32.8 Å². The maximum Gasteiger partial charge on any atom is 0.472 e. The van der Waals surface area contributed by atoms with Crippen molar-refractivity contribution in [3.05, 3.63) is 0 Å². The number of hydrogen-bond donors (Lipinski definition) is 2. The molecule has 0 saturated heterocycles. The molecule has 0 aromatic rings. The van der Waals surface area contributed by atoms with Gasteiger partial charge in [0.25, 0.3) is 0 Å². The number of carbonyl (C=O) groups excluding carboxylic acids is 1. The molecule has 39 heavy (non-hydrogen) atoms. The Hall–Kier alpha value is -0.500. The average Bonchev–Trinajstić information content (AvgIpc) is 2.90. The molecule has 0 aromatic carbocycles. The van der Waals surface area contributed by atoms with Gasteiger partial charge in [-0.05, 0) is 6.42 Å². The zero-order valence-electron chi connectivity index (χ0n) is 25.4. The molecule has 0 rings (SSSR count). The van der Waals surface area contributed by atoms with Crippen LogP contribution < -0.4 is 5.73 Å². The van der Waals surface area contributed by atoms with E-state index in [1.54, 1.807) is 0 Å². The summed E-state index contributed by atoms with van der Waals surface area (Å²) < 4.78 is 32.0. The smallest absolute Gasteiger partial charge is 0.458 e. The van der Waals surface area contributed by atoms with E-state index in [9.17, 15) is 14.3 Å². The molecular weight excluding hydrogens is 517 g/mol. The number of unbranched alkanes of at least 4 members (excludes halogenated alkanes) is 20. The van der Waals surface area contributed by atoms with Crippen LogP contribution in [0.15, 0.2) is 0 Å². The zero-order valence-corrected chi connectivity index (χ0v) is 26.3. The number of hydrogen-bond acceptors (Lipinski definition) is 7. The topological polar surface area (TPSA) is 117 Å². The number of carbonyl (C=O) groups is 1. The van der Waals surface area contributed by atoms with Crippen LogP contribution in [0.1, 0.15) is 149 Å². The molecule has 3 N–H and O–H groups in total. The molecule has 0 fully saturated rings. The second-order valence-corrected chi connectivity index (χ2v) is 12.2. The van der Waals surface area contributed by atoms with Crippen LogP contribution in [-0.2, 0) is 27.9 Å². The predicted octanol–water partition coefficient (Wildman–Crippen LogP) is 8.24. The first-order chi connectivity index (χ1) is 18.9. The maximum atomic E-state index is 11.7. The van der Waals surface area contributed by atoms with Gasteiger partial charge in [0.15, 0.2) is 0 Å². The van der Waals surface area contributed by atoms with Gasteiger partial charge in [-0.15, -0.1) is 0 Å². The summed E-state index contributed by atoms with van der Waals surface area (Å²) in [6.45, 7) is 3.94. The molecule has 0 heterocycles. The van der Waals surface area contributed by atoms with Gasteiger partial charge in [-0.1, -0.05) is 135 Å². The van der Waals surface area contributed by atoms with Crippen LogP contribution in [0.3, 0.4) is 0 Å². The van der Waals surface area contributed by atoms with Gasteiger partial charge in [-0.2, -0.15) is 0 Å². The Kier molecular flexibility index (Phi) is 28.6. The molecule has 9 heteroatoms. The summed E-state index contributed by atoms with van der Waals surface area (Å²) in [6.07, 6.45) is 27.6. The van der Waals surface area contributed by atoms with Crippen LogP contribution in [0, 0.1) is 0 Å². The molecular formula is C30H62NO7P. The Morgan fingerprint density at radius 3 is 1.46 bits per heavy atom. The van der Waals surface area contributed by atoms with Crippen molar-refractivity contribution in [3.63, 3.8) is 0 Å². The highest BCUT2D eigenvalue weighted by Crippen LogP contribution is 2.43. The third-order valence-electron chi connectivity index (χ3n) is 6.82. The van der Waals surface area contributed by atoms with E-state index in [-0.39, 0.29) is 26.4 Å². The lowest BCUT2D eigenvalue weighted by Crippen LogP contribution is -2.27. The van der Waals surface area contributed by atoms with E-state index in [1.165, 1.54) is 129 Å². The molecule has 2 unspecified atom stereocenters. The lowest BCUT2D eigenvalue weighted by atomic mass is 10.0. The summed E-state index contributed by atoms with van der Waals surface area (Å²) in [5.74, 6) is -0.503. The van der Waals surface area contributed by atoms with E-state index in [4.69, 9.17) is 19.7 Å². The SMILES string of the molecule is CCCCCCCCCCCCCCCCCCCCCCCOCC(COP(=O)(O)OCCN)OC(C)=O. The molecule has 0 radical (unpaired) electrons. The number of esters is 1. The molecule has 0 spiro atoms. The van der Waals surface area contributed by atoms with Gasteiger partial charge in [-0.25, -0.2) is 4.57 Å². The fraction of sp³-hybridized carbons (Fsp3) is 0.967. The second kappa shape index (κ2) is 29.0. The maximum absolute atomic E-state index is 11.7. The highest BCUT2D eigenvalue weighted by molar-refractivity contribution is 7.47. The van der Waals surface area contributed by atoms with Crippen LogP contribution in [0.2, 0.25) is 0 Å². The summed E-state index contributed by atoms with van der Waals surface area (Å²) in [6, 6.07) is 0. The van der Waals surface area contributed by atoms with E-state index in [0.717, 1.165) is 12.8 Å². The number of rotatable bonds is 31. The van der Waals surface area contributed by atoms with Crippen LogP contribution >= 0.6 is 7.82 Å². The van der Waals surface area contributed by atoms with E-state index >= 15 is 0 Å². The summed E-state index contributed by atoms with van der Waals surface area (Å²) in [5, 5.41) is 0.